The zero-order chi connectivity index (χ0) is 11.4. The second kappa shape index (κ2) is 4.93. The number of likely N-dealkylation sites (tertiary alicyclic amines) is 1. The van der Waals surface area contributed by atoms with Crippen LogP contribution in [0, 0.1) is 0 Å². The quantitative estimate of drug-likeness (QED) is 0.652. The Morgan fingerprint density at radius 2 is 2.27 bits per heavy atom. The normalized spacial score (nSPS) is 21.3. The number of nitrogens with one attached hydrogen (secondary N) is 1. The maximum Gasteiger partial charge on any atom is 0.320 e. The van der Waals surface area contributed by atoms with Crippen LogP contribution in [-0.2, 0) is 9.59 Å². The third-order valence-electron chi connectivity index (χ3n) is 2.48. The number of carboxylic acid groups (broad SMARTS) is 1. The van der Waals surface area contributed by atoms with Crippen LogP contribution in [0.4, 0.5) is 0 Å². The number of nitrogens with zero attached hydrogens (tertiary/aromatic N) is 1. The van der Waals surface area contributed by atoms with E-state index < -0.39 is 12.0 Å². The van der Waals surface area contributed by atoms with Gasteiger partial charge >= 0.3 is 5.97 Å². The highest BCUT2D eigenvalue weighted by Gasteiger charge is 2.30. The van der Waals surface area contributed by atoms with Gasteiger partial charge in [-0.05, 0) is 19.8 Å². The summed E-state index contributed by atoms with van der Waals surface area (Å²) in [5.41, 5.74) is 0.432. The first-order valence-electron chi connectivity index (χ1n) is 4.93. The molecule has 1 fully saturated rings. The number of carbonyl (C=O) groups excluding carboxylic acids is 1. The molecule has 15 heavy (non-hydrogen) atoms. The molecule has 2 N–H and O–H groups in total. The minimum Gasteiger partial charge on any atom is -0.480 e. The first-order chi connectivity index (χ1) is 7.02. The van der Waals surface area contributed by atoms with Gasteiger partial charge in [-0.25, -0.2) is 0 Å². The van der Waals surface area contributed by atoms with E-state index in [1.165, 1.54) is 0 Å². The Morgan fingerprint density at radius 3 is 2.80 bits per heavy atom. The Morgan fingerprint density at radius 1 is 1.60 bits per heavy atom. The van der Waals surface area contributed by atoms with E-state index in [2.05, 4.69) is 11.9 Å². The predicted molar refractivity (Wildman–Crippen MR) is 55.2 cm³/mol. The van der Waals surface area contributed by atoms with E-state index in [9.17, 15) is 9.59 Å². The third-order valence-corrected chi connectivity index (χ3v) is 2.48. The zero-order valence-electron chi connectivity index (χ0n) is 8.82. The molecule has 0 spiro atoms. The lowest BCUT2D eigenvalue weighted by Crippen LogP contribution is -2.43. The molecule has 0 aromatic carbocycles. The van der Waals surface area contributed by atoms with Gasteiger partial charge in [-0.3, -0.25) is 14.5 Å². The van der Waals surface area contributed by atoms with Crippen molar-refractivity contribution in [2.75, 3.05) is 13.2 Å². The monoisotopic (exact) mass is 212 g/mol. The molecule has 0 bridgehead atoms. The number of amides is 1. The topological polar surface area (TPSA) is 69.6 Å². The molecule has 0 saturated carbocycles. The minimum absolute atomic E-state index is 0.231. The van der Waals surface area contributed by atoms with Crippen LogP contribution in [0.25, 0.3) is 0 Å². The van der Waals surface area contributed by atoms with Crippen LogP contribution >= 0.6 is 0 Å². The van der Waals surface area contributed by atoms with Crippen LogP contribution in [0.15, 0.2) is 12.2 Å². The third kappa shape index (κ3) is 3.06. The first kappa shape index (κ1) is 11.7. The van der Waals surface area contributed by atoms with Crippen LogP contribution < -0.4 is 5.32 Å². The lowest BCUT2D eigenvalue weighted by Gasteiger charge is -2.21. The molecule has 0 aromatic rings. The number of rotatable bonds is 4. The van der Waals surface area contributed by atoms with Gasteiger partial charge in [0, 0.05) is 12.1 Å². The average molecular weight is 212 g/mol. The van der Waals surface area contributed by atoms with Crippen molar-refractivity contribution in [3.05, 3.63) is 12.2 Å². The Bertz CT molecular complexity index is 288. The van der Waals surface area contributed by atoms with E-state index in [4.69, 9.17) is 5.11 Å². The fourth-order valence-corrected chi connectivity index (χ4v) is 1.62. The molecule has 1 amide bonds. The molecule has 1 saturated heterocycles. The number of carbonyl (C=O) groups is 2. The zero-order valence-corrected chi connectivity index (χ0v) is 8.82. The van der Waals surface area contributed by atoms with Gasteiger partial charge in [0.1, 0.15) is 6.04 Å². The summed E-state index contributed by atoms with van der Waals surface area (Å²) >= 11 is 0. The number of carboxylic acids is 1. The predicted octanol–water partition coefficient (Wildman–Crippen LogP) is 0.185. The SMILES string of the molecule is C=C(C)C(=O)NCN1CCC[C@@H]1C(=O)O. The van der Waals surface area contributed by atoms with E-state index in [1.807, 2.05) is 0 Å². The summed E-state index contributed by atoms with van der Waals surface area (Å²) in [7, 11) is 0. The molecule has 0 aromatic heterocycles. The van der Waals surface area contributed by atoms with Crippen LogP contribution in [0.3, 0.4) is 0 Å². The second-order valence-corrected chi connectivity index (χ2v) is 3.75. The molecule has 0 radical (unpaired) electrons. The standard InChI is InChI=1S/C10H16N2O3/c1-7(2)9(13)11-6-12-5-3-4-8(12)10(14)15/h8H,1,3-6H2,2H3,(H,11,13)(H,14,15)/t8-/m1/s1. The van der Waals surface area contributed by atoms with Crippen molar-refractivity contribution in [3.8, 4) is 0 Å². The lowest BCUT2D eigenvalue weighted by atomic mass is 10.2. The van der Waals surface area contributed by atoms with E-state index in [-0.39, 0.29) is 12.6 Å². The fraction of sp³-hybridized carbons (Fsp3) is 0.600. The van der Waals surface area contributed by atoms with Gasteiger partial charge in [-0.15, -0.1) is 0 Å². The molecule has 1 heterocycles. The molecule has 1 rings (SSSR count). The van der Waals surface area contributed by atoms with Crippen molar-refractivity contribution in [3.63, 3.8) is 0 Å². The Hall–Kier alpha value is -1.36. The molecule has 1 aliphatic rings. The van der Waals surface area contributed by atoms with E-state index in [0.29, 0.717) is 18.5 Å². The Balaban J connectivity index is 2.41. The van der Waals surface area contributed by atoms with Crippen molar-refractivity contribution in [2.45, 2.75) is 25.8 Å². The van der Waals surface area contributed by atoms with Crippen molar-refractivity contribution in [2.24, 2.45) is 0 Å². The molecule has 0 unspecified atom stereocenters. The second-order valence-electron chi connectivity index (χ2n) is 3.75. The Labute approximate surface area is 88.8 Å². The summed E-state index contributed by atoms with van der Waals surface area (Å²) in [5.74, 6) is -1.05. The average Bonchev–Trinajstić information content (AvgIpc) is 2.61. The van der Waals surface area contributed by atoms with Crippen LogP contribution in [0.1, 0.15) is 19.8 Å². The van der Waals surface area contributed by atoms with Crippen molar-refractivity contribution in [1.82, 2.24) is 10.2 Å². The molecular formula is C10H16N2O3. The van der Waals surface area contributed by atoms with E-state index in [1.54, 1.807) is 11.8 Å². The molecule has 1 atom stereocenters. The van der Waals surface area contributed by atoms with Crippen LogP contribution in [0.2, 0.25) is 0 Å². The molecule has 0 aliphatic carbocycles. The summed E-state index contributed by atoms with van der Waals surface area (Å²) in [4.78, 5) is 23.8. The van der Waals surface area contributed by atoms with Gasteiger partial charge in [-0.1, -0.05) is 6.58 Å². The first-order valence-corrected chi connectivity index (χ1v) is 4.93. The van der Waals surface area contributed by atoms with Crippen molar-refractivity contribution in [1.29, 1.82) is 0 Å². The number of aliphatic carboxylic acids is 1. The maximum absolute atomic E-state index is 11.2. The van der Waals surface area contributed by atoms with Crippen molar-refractivity contribution < 1.29 is 14.7 Å². The summed E-state index contributed by atoms with van der Waals surface area (Å²) in [6, 6.07) is -0.463. The molecule has 84 valence electrons. The van der Waals surface area contributed by atoms with Gasteiger partial charge in [0.05, 0.1) is 6.67 Å². The van der Waals surface area contributed by atoms with Crippen LogP contribution in [-0.4, -0.2) is 41.1 Å². The fourth-order valence-electron chi connectivity index (χ4n) is 1.62. The Kier molecular flexibility index (Phi) is 3.85. The highest BCUT2D eigenvalue weighted by atomic mass is 16.4. The van der Waals surface area contributed by atoms with Crippen LogP contribution in [0.5, 0.6) is 0 Å². The largest absolute Gasteiger partial charge is 0.480 e. The molecule has 1 aliphatic heterocycles. The number of hydrogen-bond acceptors (Lipinski definition) is 3. The van der Waals surface area contributed by atoms with Gasteiger partial charge in [0.2, 0.25) is 5.91 Å². The highest BCUT2D eigenvalue weighted by molar-refractivity contribution is 5.92. The summed E-state index contributed by atoms with van der Waals surface area (Å²) in [6.45, 7) is 6.12. The van der Waals surface area contributed by atoms with Crippen molar-refractivity contribution >= 4 is 11.9 Å². The summed E-state index contributed by atoms with van der Waals surface area (Å²) in [5, 5.41) is 11.5. The van der Waals surface area contributed by atoms with Gasteiger partial charge in [0.25, 0.3) is 0 Å². The maximum atomic E-state index is 11.2. The highest BCUT2D eigenvalue weighted by Crippen LogP contribution is 2.15. The van der Waals surface area contributed by atoms with Gasteiger partial charge in [0.15, 0.2) is 0 Å². The lowest BCUT2D eigenvalue weighted by molar-refractivity contribution is -0.142. The number of hydrogen-bond donors (Lipinski definition) is 2. The molecule has 5 heteroatoms. The molecule has 5 nitrogen and oxygen atoms in total. The summed E-state index contributed by atoms with van der Waals surface area (Å²) < 4.78 is 0. The van der Waals surface area contributed by atoms with E-state index >= 15 is 0 Å². The smallest absolute Gasteiger partial charge is 0.320 e. The summed E-state index contributed by atoms with van der Waals surface area (Å²) in [6.07, 6.45) is 1.51. The van der Waals surface area contributed by atoms with Gasteiger partial charge in [-0.2, -0.15) is 0 Å². The minimum atomic E-state index is -0.822. The van der Waals surface area contributed by atoms with Gasteiger partial charge < -0.3 is 10.4 Å². The van der Waals surface area contributed by atoms with E-state index in [0.717, 1.165) is 6.42 Å². The molecular weight excluding hydrogens is 196 g/mol.